The van der Waals surface area contributed by atoms with Crippen LogP contribution in [0, 0.1) is 5.92 Å². The van der Waals surface area contributed by atoms with Crippen LogP contribution < -0.4 is 5.32 Å². The standard InChI is InChI=1S/C15H26N2O4/c1-2-21-13-7-4-8-17(10-13)15(20)16-12-6-3-5-11(9-12)14(18)19/h11-13H,2-10H2,1H3,(H,16,20)(H,18,19). The number of hydrogen-bond acceptors (Lipinski definition) is 3. The summed E-state index contributed by atoms with van der Waals surface area (Å²) >= 11 is 0. The number of hydrogen-bond donors (Lipinski definition) is 2. The number of likely N-dealkylation sites (tertiary alicyclic amines) is 1. The van der Waals surface area contributed by atoms with Crippen molar-refractivity contribution < 1.29 is 19.4 Å². The number of carboxylic acids is 1. The largest absolute Gasteiger partial charge is 0.481 e. The Kier molecular flexibility index (Phi) is 5.85. The van der Waals surface area contributed by atoms with E-state index in [0.717, 1.165) is 38.6 Å². The van der Waals surface area contributed by atoms with Gasteiger partial charge in [0.1, 0.15) is 0 Å². The highest BCUT2D eigenvalue weighted by Gasteiger charge is 2.30. The highest BCUT2D eigenvalue weighted by atomic mass is 16.5. The van der Waals surface area contributed by atoms with Gasteiger partial charge in [0.15, 0.2) is 0 Å². The van der Waals surface area contributed by atoms with Gasteiger partial charge in [0.25, 0.3) is 0 Å². The Bertz CT molecular complexity index is 373. The average Bonchev–Trinajstić information content (AvgIpc) is 2.48. The van der Waals surface area contributed by atoms with E-state index < -0.39 is 5.97 Å². The lowest BCUT2D eigenvalue weighted by Gasteiger charge is -2.35. The third-order valence-electron chi connectivity index (χ3n) is 4.42. The topological polar surface area (TPSA) is 78.9 Å². The van der Waals surface area contributed by atoms with Crippen molar-refractivity contribution in [2.45, 2.75) is 57.6 Å². The van der Waals surface area contributed by atoms with Gasteiger partial charge in [0, 0.05) is 25.7 Å². The van der Waals surface area contributed by atoms with Crippen LogP contribution in [0.4, 0.5) is 4.79 Å². The Hall–Kier alpha value is -1.30. The van der Waals surface area contributed by atoms with Crippen LogP contribution in [0.2, 0.25) is 0 Å². The Balaban J connectivity index is 1.81. The fourth-order valence-electron chi connectivity index (χ4n) is 3.31. The molecular weight excluding hydrogens is 272 g/mol. The Labute approximate surface area is 125 Å². The third-order valence-corrected chi connectivity index (χ3v) is 4.42. The van der Waals surface area contributed by atoms with Crippen molar-refractivity contribution in [3.8, 4) is 0 Å². The maximum atomic E-state index is 12.3. The molecule has 6 nitrogen and oxygen atoms in total. The van der Waals surface area contributed by atoms with E-state index >= 15 is 0 Å². The van der Waals surface area contributed by atoms with Crippen LogP contribution in [0.1, 0.15) is 45.4 Å². The van der Waals surface area contributed by atoms with E-state index in [9.17, 15) is 9.59 Å². The summed E-state index contributed by atoms with van der Waals surface area (Å²) in [5.41, 5.74) is 0. The van der Waals surface area contributed by atoms with Gasteiger partial charge in [-0.25, -0.2) is 4.79 Å². The molecule has 1 saturated carbocycles. The molecule has 2 fully saturated rings. The van der Waals surface area contributed by atoms with Gasteiger partial charge in [-0.15, -0.1) is 0 Å². The van der Waals surface area contributed by atoms with Gasteiger partial charge >= 0.3 is 12.0 Å². The molecule has 2 aliphatic rings. The molecule has 0 spiro atoms. The fourth-order valence-corrected chi connectivity index (χ4v) is 3.31. The summed E-state index contributed by atoms with van der Waals surface area (Å²) in [6, 6.07) is -0.0877. The number of nitrogens with one attached hydrogen (secondary N) is 1. The molecule has 0 aromatic carbocycles. The molecule has 21 heavy (non-hydrogen) atoms. The molecule has 2 N–H and O–H groups in total. The van der Waals surface area contributed by atoms with Crippen molar-refractivity contribution >= 4 is 12.0 Å². The van der Waals surface area contributed by atoms with Crippen molar-refractivity contribution in [1.82, 2.24) is 10.2 Å². The first-order valence-electron chi connectivity index (χ1n) is 8.00. The van der Waals surface area contributed by atoms with Crippen molar-refractivity contribution in [2.24, 2.45) is 5.92 Å². The van der Waals surface area contributed by atoms with Crippen LogP contribution in [0.15, 0.2) is 0 Å². The number of carbonyl (C=O) groups is 2. The van der Waals surface area contributed by atoms with Gasteiger partial charge in [-0.1, -0.05) is 6.42 Å². The lowest BCUT2D eigenvalue weighted by Crippen LogP contribution is -2.51. The first-order valence-corrected chi connectivity index (χ1v) is 8.00. The zero-order chi connectivity index (χ0) is 15.2. The van der Waals surface area contributed by atoms with Crippen molar-refractivity contribution in [3.63, 3.8) is 0 Å². The average molecular weight is 298 g/mol. The number of amides is 2. The molecular formula is C15H26N2O4. The van der Waals surface area contributed by atoms with Crippen molar-refractivity contribution in [2.75, 3.05) is 19.7 Å². The molecule has 1 aliphatic carbocycles. The molecule has 120 valence electrons. The van der Waals surface area contributed by atoms with E-state index in [2.05, 4.69) is 5.32 Å². The molecule has 0 aromatic rings. The van der Waals surface area contributed by atoms with E-state index in [0.29, 0.717) is 19.6 Å². The molecule has 1 saturated heterocycles. The predicted molar refractivity (Wildman–Crippen MR) is 78.1 cm³/mol. The van der Waals surface area contributed by atoms with Gasteiger partial charge < -0.3 is 20.1 Å². The summed E-state index contributed by atoms with van der Waals surface area (Å²) < 4.78 is 5.60. The van der Waals surface area contributed by atoms with Crippen molar-refractivity contribution in [1.29, 1.82) is 0 Å². The summed E-state index contributed by atoms with van der Waals surface area (Å²) in [5, 5.41) is 12.1. The number of urea groups is 1. The number of rotatable bonds is 4. The second kappa shape index (κ2) is 7.64. The number of nitrogens with zero attached hydrogens (tertiary/aromatic N) is 1. The van der Waals surface area contributed by atoms with E-state index in [4.69, 9.17) is 9.84 Å². The smallest absolute Gasteiger partial charge is 0.317 e. The Morgan fingerprint density at radius 3 is 2.81 bits per heavy atom. The van der Waals surface area contributed by atoms with Crippen LogP contribution in [-0.2, 0) is 9.53 Å². The first-order chi connectivity index (χ1) is 10.1. The van der Waals surface area contributed by atoms with Crippen LogP contribution in [0.25, 0.3) is 0 Å². The van der Waals surface area contributed by atoms with Gasteiger partial charge in [-0.05, 0) is 39.0 Å². The minimum absolute atomic E-state index is 0.0141. The summed E-state index contributed by atoms with van der Waals surface area (Å²) in [6.45, 7) is 4.02. The second-order valence-corrected chi connectivity index (χ2v) is 6.01. The van der Waals surface area contributed by atoms with E-state index in [1.807, 2.05) is 6.92 Å². The molecule has 2 rings (SSSR count). The quantitative estimate of drug-likeness (QED) is 0.830. The fraction of sp³-hybridized carbons (Fsp3) is 0.867. The van der Waals surface area contributed by atoms with Gasteiger partial charge in [0.05, 0.1) is 12.0 Å². The molecule has 0 radical (unpaired) electrons. The number of carboxylic acid groups (broad SMARTS) is 1. The molecule has 0 aromatic heterocycles. The number of aliphatic carboxylic acids is 1. The molecule has 6 heteroatoms. The van der Waals surface area contributed by atoms with Crippen LogP contribution in [0.3, 0.4) is 0 Å². The summed E-state index contributed by atoms with van der Waals surface area (Å²) in [6.07, 6.45) is 5.10. The van der Waals surface area contributed by atoms with Gasteiger partial charge in [-0.2, -0.15) is 0 Å². The monoisotopic (exact) mass is 298 g/mol. The maximum absolute atomic E-state index is 12.3. The zero-order valence-corrected chi connectivity index (χ0v) is 12.7. The minimum atomic E-state index is -0.747. The molecule has 1 heterocycles. The Morgan fingerprint density at radius 2 is 2.10 bits per heavy atom. The van der Waals surface area contributed by atoms with Crippen LogP contribution in [-0.4, -0.2) is 53.8 Å². The minimum Gasteiger partial charge on any atom is -0.481 e. The van der Waals surface area contributed by atoms with Gasteiger partial charge in [-0.3, -0.25) is 4.79 Å². The van der Waals surface area contributed by atoms with Crippen molar-refractivity contribution in [3.05, 3.63) is 0 Å². The molecule has 3 atom stereocenters. The first kappa shape index (κ1) is 16.1. The van der Waals surface area contributed by atoms with Crippen LogP contribution >= 0.6 is 0 Å². The summed E-state index contributed by atoms with van der Waals surface area (Å²) in [7, 11) is 0. The highest BCUT2D eigenvalue weighted by Crippen LogP contribution is 2.25. The molecule has 3 unspecified atom stereocenters. The lowest BCUT2D eigenvalue weighted by atomic mass is 9.86. The SMILES string of the molecule is CCOC1CCCN(C(=O)NC2CCCC(C(=O)O)C2)C1. The highest BCUT2D eigenvalue weighted by molar-refractivity contribution is 5.75. The third kappa shape index (κ3) is 4.59. The second-order valence-electron chi connectivity index (χ2n) is 6.01. The van der Waals surface area contributed by atoms with E-state index in [-0.39, 0.29) is 24.1 Å². The molecule has 0 bridgehead atoms. The lowest BCUT2D eigenvalue weighted by molar-refractivity contribution is -0.143. The predicted octanol–water partition coefficient (Wildman–Crippen LogP) is 1.84. The van der Waals surface area contributed by atoms with E-state index in [1.54, 1.807) is 4.90 Å². The van der Waals surface area contributed by atoms with E-state index in [1.165, 1.54) is 0 Å². The summed E-state index contributed by atoms with van der Waals surface area (Å²) in [4.78, 5) is 25.2. The maximum Gasteiger partial charge on any atom is 0.317 e. The summed E-state index contributed by atoms with van der Waals surface area (Å²) in [5.74, 6) is -1.06. The molecule has 2 amide bonds. The molecule has 1 aliphatic heterocycles. The zero-order valence-electron chi connectivity index (χ0n) is 12.7. The number of ether oxygens (including phenoxy) is 1. The number of carbonyl (C=O) groups excluding carboxylic acids is 1. The number of piperidine rings is 1. The normalized spacial score (nSPS) is 30.0. The Morgan fingerprint density at radius 1 is 1.29 bits per heavy atom. The van der Waals surface area contributed by atoms with Gasteiger partial charge in [0.2, 0.25) is 0 Å². The van der Waals surface area contributed by atoms with Crippen LogP contribution in [0.5, 0.6) is 0 Å².